The lowest BCUT2D eigenvalue weighted by Crippen LogP contribution is -2.40. The first-order valence-electron chi connectivity index (χ1n) is 8.25. The molecular formula is C18H17ClN2O5. The van der Waals surface area contributed by atoms with E-state index in [9.17, 15) is 9.59 Å². The van der Waals surface area contributed by atoms with E-state index in [4.69, 9.17) is 25.5 Å². The summed E-state index contributed by atoms with van der Waals surface area (Å²) < 4.78 is 16.6. The van der Waals surface area contributed by atoms with Crippen molar-refractivity contribution in [2.24, 2.45) is 0 Å². The molecule has 0 saturated carbocycles. The lowest BCUT2D eigenvalue weighted by atomic mass is 9.99. The number of hydrogen-bond acceptors (Lipinski definition) is 5. The zero-order chi connectivity index (χ0) is 18.3. The first kappa shape index (κ1) is 16.8. The molecule has 1 aromatic carbocycles. The Hall–Kier alpha value is -2.67. The molecule has 1 saturated heterocycles. The van der Waals surface area contributed by atoms with Crippen LogP contribution >= 0.6 is 11.6 Å². The van der Waals surface area contributed by atoms with Crippen LogP contribution in [0.25, 0.3) is 0 Å². The molecule has 2 aliphatic heterocycles. The lowest BCUT2D eigenvalue weighted by Gasteiger charge is -2.19. The molecule has 0 aliphatic carbocycles. The molecule has 2 aromatic rings. The van der Waals surface area contributed by atoms with Gasteiger partial charge in [-0.25, -0.2) is 4.79 Å². The Morgan fingerprint density at radius 3 is 2.85 bits per heavy atom. The van der Waals surface area contributed by atoms with Crippen molar-refractivity contribution in [1.29, 1.82) is 0 Å². The van der Waals surface area contributed by atoms with Crippen LogP contribution in [-0.4, -0.2) is 30.1 Å². The summed E-state index contributed by atoms with van der Waals surface area (Å²) in [6.07, 6.45) is 2.22. The third-order valence-corrected chi connectivity index (χ3v) is 4.77. The molecular weight excluding hydrogens is 360 g/mol. The number of furan rings is 1. The van der Waals surface area contributed by atoms with Crippen LogP contribution in [0.4, 0.5) is 4.79 Å². The van der Waals surface area contributed by atoms with Crippen molar-refractivity contribution in [3.8, 4) is 11.5 Å². The first-order chi connectivity index (χ1) is 12.5. The maximum Gasteiger partial charge on any atom is 0.325 e. The average Bonchev–Trinajstić information content (AvgIpc) is 3.13. The second-order valence-corrected chi connectivity index (χ2v) is 6.79. The number of imide groups is 1. The SMILES string of the molecule is C[C@@]1(c2ccco2)NC(=O)N(Cc2cc(Cl)c3c(c2)OCCCO3)C1=O. The molecule has 0 spiro atoms. The van der Waals surface area contributed by atoms with Crippen molar-refractivity contribution in [3.63, 3.8) is 0 Å². The van der Waals surface area contributed by atoms with Crippen LogP contribution in [0, 0.1) is 0 Å². The molecule has 0 bridgehead atoms. The van der Waals surface area contributed by atoms with Crippen molar-refractivity contribution >= 4 is 23.5 Å². The first-order valence-corrected chi connectivity index (χ1v) is 8.63. The quantitative estimate of drug-likeness (QED) is 0.832. The fourth-order valence-electron chi connectivity index (χ4n) is 3.13. The summed E-state index contributed by atoms with van der Waals surface area (Å²) in [7, 11) is 0. The summed E-state index contributed by atoms with van der Waals surface area (Å²) in [5.41, 5.74) is -0.554. The number of ether oxygens (including phenoxy) is 2. The third kappa shape index (κ3) is 2.68. The van der Waals surface area contributed by atoms with Gasteiger partial charge in [0, 0.05) is 6.42 Å². The largest absolute Gasteiger partial charge is 0.489 e. The topological polar surface area (TPSA) is 81.0 Å². The van der Waals surface area contributed by atoms with Crippen molar-refractivity contribution < 1.29 is 23.5 Å². The molecule has 0 radical (unpaired) electrons. The van der Waals surface area contributed by atoms with Gasteiger partial charge in [0.15, 0.2) is 17.0 Å². The summed E-state index contributed by atoms with van der Waals surface area (Å²) in [6.45, 7) is 2.73. The van der Waals surface area contributed by atoms with E-state index < -0.39 is 11.6 Å². The van der Waals surface area contributed by atoms with E-state index in [0.717, 1.165) is 11.3 Å². The number of hydrogen-bond donors (Lipinski definition) is 1. The monoisotopic (exact) mass is 376 g/mol. The van der Waals surface area contributed by atoms with Crippen molar-refractivity contribution in [1.82, 2.24) is 10.2 Å². The number of carbonyl (C=O) groups excluding carboxylic acids is 2. The molecule has 4 rings (SSSR count). The minimum absolute atomic E-state index is 0.0668. The Morgan fingerprint density at radius 1 is 1.27 bits per heavy atom. The van der Waals surface area contributed by atoms with E-state index in [1.807, 2.05) is 0 Å². The number of carbonyl (C=O) groups is 2. The van der Waals surface area contributed by atoms with Gasteiger partial charge in [0.2, 0.25) is 0 Å². The van der Waals surface area contributed by atoms with Gasteiger partial charge >= 0.3 is 6.03 Å². The highest BCUT2D eigenvalue weighted by molar-refractivity contribution is 6.32. The molecule has 3 heterocycles. The van der Waals surface area contributed by atoms with Gasteiger partial charge in [-0.1, -0.05) is 11.6 Å². The van der Waals surface area contributed by atoms with Crippen molar-refractivity contribution in [3.05, 3.63) is 46.9 Å². The Kier molecular flexibility index (Phi) is 4.03. The highest BCUT2D eigenvalue weighted by Gasteiger charge is 2.50. The van der Waals surface area contributed by atoms with E-state index >= 15 is 0 Å². The third-order valence-electron chi connectivity index (χ3n) is 4.49. The minimum Gasteiger partial charge on any atom is -0.489 e. The van der Waals surface area contributed by atoms with Crippen LogP contribution < -0.4 is 14.8 Å². The maximum absolute atomic E-state index is 12.9. The number of urea groups is 1. The van der Waals surface area contributed by atoms with Gasteiger partial charge in [-0.15, -0.1) is 0 Å². The van der Waals surface area contributed by atoms with E-state index in [-0.39, 0.29) is 12.5 Å². The predicted octanol–water partition coefficient (Wildman–Crippen LogP) is 3.06. The Bertz CT molecular complexity index is 867. The summed E-state index contributed by atoms with van der Waals surface area (Å²) in [4.78, 5) is 26.4. The van der Waals surface area contributed by atoms with Gasteiger partial charge in [-0.3, -0.25) is 9.69 Å². The number of amides is 3. The molecule has 1 atom stereocenters. The van der Waals surface area contributed by atoms with Crippen LogP contribution in [0.3, 0.4) is 0 Å². The molecule has 7 nitrogen and oxygen atoms in total. The van der Waals surface area contributed by atoms with Gasteiger partial charge in [-0.05, 0) is 36.8 Å². The highest BCUT2D eigenvalue weighted by atomic mass is 35.5. The standard InChI is InChI=1S/C18H17ClN2O5/c1-18(14-4-2-5-25-14)16(22)21(17(23)20-18)10-11-8-12(19)15-13(9-11)24-6-3-7-26-15/h2,4-5,8-9H,3,6-7,10H2,1H3,(H,20,23)/t18-/m0/s1. The average molecular weight is 377 g/mol. The van der Waals surface area contributed by atoms with Crippen LogP contribution in [-0.2, 0) is 16.9 Å². The molecule has 136 valence electrons. The molecule has 3 amide bonds. The second kappa shape index (κ2) is 6.25. The normalized spacial score (nSPS) is 22.3. The Morgan fingerprint density at radius 2 is 2.08 bits per heavy atom. The fraction of sp³-hybridized carbons (Fsp3) is 0.333. The zero-order valence-electron chi connectivity index (χ0n) is 14.1. The lowest BCUT2D eigenvalue weighted by molar-refractivity contribution is -0.132. The van der Waals surface area contributed by atoms with Crippen LogP contribution in [0.1, 0.15) is 24.7 Å². The Labute approximate surface area is 154 Å². The molecule has 0 unspecified atom stereocenters. The Balaban J connectivity index is 1.62. The predicted molar refractivity (Wildman–Crippen MR) is 92.2 cm³/mol. The number of rotatable bonds is 3. The summed E-state index contributed by atoms with van der Waals surface area (Å²) in [5, 5.41) is 3.08. The van der Waals surface area contributed by atoms with Crippen LogP contribution in [0.5, 0.6) is 11.5 Å². The molecule has 2 aliphatic rings. The van der Waals surface area contributed by atoms with Gasteiger partial charge in [0.25, 0.3) is 5.91 Å². The summed E-state index contributed by atoms with van der Waals surface area (Å²) in [5.74, 6) is 1.01. The van der Waals surface area contributed by atoms with Gasteiger partial charge in [0.05, 0.1) is 31.0 Å². The van der Waals surface area contributed by atoms with E-state index in [1.54, 1.807) is 31.2 Å². The highest BCUT2D eigenvalue weighted by Crippen LogP contribution is 2.39. The molecule has 1 N–H and O–H groups in total. The number of halogens is 1. The fourth-order valence-corrected chi connectivity index (χ4v) is 3.42. The van der Waals surface area contributed by atoms with Crippen LogP contribution in [0.2, 0.25) is 5.02 Å². The van der Waals surface area contributed by atoms with Gasteiger partial charge < -0.3 is 19.2 Å². The minimum atomic E-state index is -1.23. The number of nitrogens with zero attached hydrogens (tertiary/aromatic N) is 1. The number of benzene rings is 1. The molecule has 1 aromatic heterocycles. The second-order valence-electron chi connectivity index (χ2n) is 6.38. The van der Waals surface area contributed by atoms with Gasteiger partial charge in [-0.2, -0.15) is 0 Å². The summed E-state index contributed by atoms with van der Waals surface area (Å²) in [6, 6.07) is 6.27. The van der Waals surface area contributed by atoms with E-state index in [2.05, 4.69) is 5.32 Å². The van der Waals surface area contributed by atoms with Crippen molar-refractivity contribution in [2.45, 2.75) is 25.4 Å². The molecule has 8 heteroatoms. The number of nitrogens with one attached hydrogen (secondary N) is 1. The number of fused-ring (bicyclic) bond motifs is 1. The maximum atomic E-state index is 12.9. The smallest absolute Gasteiger partial charge is 0.325 e. The van der Waals surface area contributed by atoms with E-state index in [0.29, 0.717) is 41.1 Å². The van der Waals surface area contributed by atoms with Crippen molar-refractivity contribution in [2.75, 3.05) is 13.2 Å². The van der Waals surface area contributed by atoms with Gasteiger partial charge in [0.1, 0.15) is 5.76 Å². The van der Waals surface area contributed by atoms with Crippen LogP contribution in [0.15, 0.2) is 34.9 Å². The molecule has 26 heavy (non-hydrogen) atoms. The summed E-state index contributed by atoms with van der Waals surface area (Å²) >= 11 is 6.29. The molecule has 1 fully saturated rings. The van der Waals surface area contributed by atoms with E-state index in [1.165, 1.54) is 6.26 Å². The zero-order valence-corrected chi connectivity index (χ0v) is 14.8.